The van der Waals surface area contributed by atoms with E-state index in [1.54, 1.807) is 24.3 Å². The molecule has 0 atom stereocenters. The molecule has 0 spiro atoms. The number of fused-ring (bicyclic) bond motifs is 1. The molecule has 192 valence electrons. The summed E-state index contributed by atoms with van der Waals surface area (Å²) >= 11 is 0. The van der Waals surface area contributed by atoms with Gasteiger partial charge in [-0.1, -0.05) is 36.4 Å². The lowest BCUT2D eigenvalue weighted by Crippen LogP contribution is -2.07. The fraction of sp³-hybridized carbons (Fsp3) is 0.133. The first-order chi connectivity index (χ1) is 18.3. The summed E-state index contributed by atoms with van der Waals surface area (Å²) in [6.07, 6.45) is 0. The SMILES string of the molecule is COC(=O)c1cc(C(=O)OC)cc(-c2ccc(-c3cc(C(=O)OC)cc(C(=O)OC)c3)c3ccccc23)c1. The summed E-state index contributed by atoms with van der Waals surface area (Å²) < 4.78 is 19.5. The van der Waals surface area contributed by atoms with Gasteiger partial charge in [0.05, 0.1) is 50.7 Å². The van der Waals surface area contributed by atoms with Gasteiger partial charge in [-0.2, -0.15) is 0 Å². The maximum Gasteiger partial charge on any atom is 0.337 e. The normalized spacial score (nSPS) is 10.5. The molecule has 0 heterocycles. The second-order valence-corrected chi connectivity index (χ2v) is 8.27. The van der Waals surface area contributed by atoms with Crippen LogP contribution in [0.4, 0.5) is 0 Å². The third kappa shape index (κ3) is 4.97. The molecule has 0 aliphatic rings. The van der Waals surface area contributed by atoms with Gasteiger partial charge in [-0.25, -0.2) is 19.2 Å². The zero-order chi connectivity index (χ0) is 27.4. The van der Waals surface area contributed by atoms with Gasteiger partial charge in [0.15, 0.2) is 0 Å². The Labute approximate surface area is 218 Å². The quantitative estimate of drug-likeness (QED) is 0.253. The number of ether oxygens (including phenoxy) is 4. The number of carbonyl (C=O) groups is 4. The monoisotopic (exact) mass is 512 g/mol. The molecule has 0 fully saturated rings. The Hall–Kier alpha value is -4.98. The van der Waals surface area contributed by atoms with Crippen LogP contribution in [0.15, 0.2) is 72.8 Å². The van der Waals surface area contributed by atoms with E-state index in [1.165, 1.54) is 40.6 Å². The van der Waals surface area contributed by atoms with Crippen molar-refractivity contribution in [2.24, 2.45) is 0 Å². The Balaban J connectivity index is 1.97. The highest BCUT2D eigenvalue weighted by molar-refractivity contribution is 6.08. The molecule has 38 heavy (non-hydrogen) atoms. The molecule has 4 aromatic rings. The molecule has 0 N–H and O–H groups in total. The first-order valence-electron chi connectivity index (χ1n) is 11.5. The fourth-order valence-corrected chi connectivity index (χ4v) is 4.31. The van der Waals surface area contributed by atoms with Crippen LogP contribution in [-0.4, -0.2) is 52.3 Å². The Kier molecular flexibility index (Phi) is 7.53. The first kappa shape index (κ1) is 26.1. The maximum atomic E-state index is 12.3. The van der Waals surface area contributed by atoms with Crippen LogP contribution in [-0.2, 0) is 18.9 Å². The number of hydrogen-bond donors (Lipinski definition) is 0. The van der Waals surface area contributed by atoms with Crippen LogP contribution in [0.2, 0.25) is 0 Å². The summed E-state index contributed by atoms with van der Waals surface area (Å²) in [7, 11) is 5.06. The smallest absolute Gasteiger partial charge is 0.337 e. The molecule has 4 aromatic carbocycles. The third-order valence-corrected chi connectivity index (χ3v) is 6.10. The first-order valence-corrected chi connectivity index (χ1v) is 11.5. The fourth-order valence-electron chi connectivity index (χ4n) is 4.31. The molecular weight excluding hydrogens is 488 g/mol. The van der Waals surface area contributed by atoms with Crippen LogP contribution >= 0.6 is 0 Å². The molecule has 8 nitrogen and oxygen atoms in total. The van der Waals surface area contributed by atoms with Gasteiger partial charge in [0, 0.05) is 0 Å². The van der Waals surface area contributed by atoms with Gasteiger partial charge in [0.1, 0.15) is 0 Å². The maximum absolute atomic E-state index is 12.3. The summed E-state index contributed by atoms with van der Waals surface area (Å²) in [6, 6.07) is 20.7. The molecule has 4 rings (SSSR count). The van der Waals surface area contributed by atoms with E-state index in [0.29, 0.717) is 11.1 Å². The Morgan fingerprint density at radius 1 is 0.447 bits per heavy atom. The average Bonchev–Trinajstić information content (AvgIpc) is 2.98. The van der Waals surface area contributed by atoms with Gasteiger partial charge in [-0.15, -0.1) is 0 Å². The molecule has 8 heteroatoms. The van der Waals surface area contributed by atoms with Crippen LogP contribution in [0.1, 0.15) is 41.4 Å². The van der Waals surface area contributed by atoms with Gasteiger partial charge in [0.25, 0.3) is 0 Å². The number of methoxy groups -OCH3 is 4. The number of rotatable bonds is 6. The van der Waals surface area contributed by atoms with Crippen molar-refractivity contribution in [3.05, 3.63) is 95.1 Å². The van der Waals surface area contributed by atoms with Crippen molar-refractivity contribution in [1.82, 2.24) is 0 Å². The van der Waals surface area contributed by atoms with Crippen LogP contribution in [0.25, 0.3) is 33.0 Å². The van der Waals surface area contributed by atoms with E-state index in [9.17, 15) is 19.2 Å². The lowest BCUT2D eigenvalue weighted by Gasteiger charge is -2.15. The molecule has 0 saturated heterocycles. The Morgan fingerprint density at radius 2 is 0.737 bits per heavy atom. The van der Waals surface area contributed by atoms with Crippen LogP contribution in [0.3, 0.4) is 0 Å². The average molecular weight is 513 g/mol. The molecule has 0 amide bonds. The summed E-state index contributed by atoms with van der Waals surface area (Å²) in [5.74, 6) is -2.36. The third-order valence-electron chi connectivity index (χ3n) is 6.10. The zero-order valence-electron chi connectivity index (χ0n) is 21.2. The molecule has 0 aliphatic carbocycles. The van der Waals surface area contributed by atoms with E-state index in [1.807, 2.05) is 36.4 Å². The standard InChI is InChI=1S/C30H24O8/c1-35-27(31)19-11-17(12-20(15-19)28(32)36-2)23-9-10-24(26-8-6-5-7-25(23)26)18-13-21(29(33)37-3)16-22(14-18)30(34)38-4/h5-16H,1-4H3. The van der Waals surface area contributed by atoms with Gasteiger partial charge in [0.2, 0.25) is 0 Å². The second-order valence-electron chi connectivity index (χ2n) is 8.27. The number of carbonyl (C=O) groups excluding carboxylic acids is 4. The number of hydrogen-bond acceptors (Lipinski definition) is 8. The highest BCUT2D eigenvalue weighted by Gasteiger charge is 2.19. The van der Waals surface area contributed by atoms with E-state index in [0.717, 1.165) is 21.9 Å². The minimum Gasteiger partial charge on any atom is -0.465 e. The summed E-state index contributed by atoms with van der Waals surface area (Å²) in [6.45, 7) is 0. The number of benzene rings is 4. The minimum atomic E-state index is -0.590. The van der Waals surface area contributed by atoms with E-state index in [-0.39, 0.29) is 22.3 Å². The van der Waals surface area contributed by atoms with Gasteiger partial charge in [-0.3, -0.25) is 0 Å². The molecule has 0 aliphatic heterocycles. The van der Waals surface area contributed by atoms with Crippen molar-refractivity contribution in [2.45, 2.75) is 0 Å². The summed E-state index contributed by atoms with van der Waals surface area (Å²) in [4.78, 5) is 49.3. The predicted octanol–water partition coefficient (Wildman–Crippen LogP) is 5.32. The van der Waals surface area contributed by atoms with Gasteiger partial charge >= 0.3 is 23.9 Å². The van der Waals surface area contributed by atoms with Crippen LogP contribution in [0.5, 0.6) is 0 Å². The van der Waals surface area contributed by atoms with Crippen molar-refractivity contribution >= 4 is 34.6 Å². The number of esters is 4. The highest BCUT2D eigenvalue weighted by Crippen LogP contribution is 2.37. The molecule has 0 unspecified atom stereocenters. The van der Waals surface area contributed by atoms with Gasteiger partial charge < -0.3 is 18.9 Å². The predicted molar refractivity (Wildman–Crippen MR) is 140 cm³/mol. The molecule has 0 saturated carbocycles. The molecule has 0 bridgehead atoms. The highest BCUT2D eigenvalue weighted by atomic mass is 16.5. The van der Waals surface area contributed by atoms with Crippen molar-refractivity contribution in [2.75, 3.05) is 28.4 Å². The minimum absolute atomic E-state index is 0.201. The molecule has 0 radical (unpaired) electrons. The topological polar surface area (TPSA) is 105 Å². The summed E-state index contributed by atoms with van der Waals surface area (Å²) in [5.41, 5.74) is 3.51. The summed E-state index contributed by atoms with van der Waals surface area (Å²) in [5, 5.41) is 1.62. The van der Waals surface area contributed by atoms with Crippen LogP contribution < -0.4 is 0 Å². The second kappa shape index (κ2) is 11.0. The zero-order valence-corrected chi connectivity index (χ0v) is 21.2. The van der Waals surface area contributed by atoms with Crippen molar-refractivity contribution in [3.63, 3.8) is 0 Å². The lowest BCUT2D eigenvalue weighted by atomic mass is 9.90. The molecule has 0 aromatic heterocycles. The van der Waals surface area contributed by atoms with E-state index < -0.39 is 23.9 Å². The van der Waals surface area contributed by atoms with Crippen molar-refractivity contribution in [1.29, 1.82) is 0 Å². The van der Waals surface area contributed by atoms with Crippen molar-refractivity contribution in [3.8, 4) is 22.3 Å². The van der Waals surface area contributed by atoms with Crippen LogP contribution in [0, 0.1) is 0 Å². The molecular formula is C30H24O8. The largest absolute Gasteiger partial charge is 0.465 e. The van der Waals surface area contributed by atoms with Gasteiger partial charge in [-0.05, 0) is 69.4 Å². The Morgan fingerprint density at radius 3 is 1.00 bits per heavy atom. The van der Waals surface area contributed by atoms with Crippen molar-refractivity contribution < 1.29 is 38.1 Å². The van der Waals surface area contributed by atoms with E-state index >= 15 is 0 Å². The van der Waals surface area contributed by atoms with E-state index in [4.69, 9.17) is 18.9 Å². The van der Waals surface area contributed by atoms with E-state index in [2.05, 4.69) is 0 Å². The lowest BCUT2D eigenvalue weighted by molar-refractivity contribution is 0.0581. The Bertz CT molecular complexity index is 1400.